The van der Waals surface area contributed by atoms with Crippen LogP contribution in [0.4, 0.5) is 5.69 Å². The Bertz CT molecular complexity index is 1220. The number of methoxy groups -OCH3 is 1. The number of oxazole rings is 1. The molecule has 27 heavy (non-hydrogen) atoms. The van der Waals surface area contributed by atoms with Gasteiger partial charge in [-0.05, 0) is 36.4 Å². The number of carbonyl (C=O) groups excluding carboxylic acids is 1. The number of ether oxygens (including phenoxy) is 1. The number of benzene rings is 2. The highest BCUT2D eigenvalue weighted by molar-refractivity contribution is 7.92. The Morgan fingerprint density at radius 3 is 2.59 bits per heavy atom. The molecule has 3 rings (SSSR count). The van der Waals surface area contributed by atoms with Crippen molar-refractivity contribution >= 4 is 32.8 Å². The fourth-order valence-electron chi connectivity index (χ4n) is 2.38. The maximum atomic E-state index is 12.5. The van der Waals surface area contributed by atoms with Crippen molar-refractivity contribution < 1.29 is 22.4 Å². The summed E-state index contributed by atoms with van der Waals surface area (Å²) in [6.07, 6.45) is 0. The van der Waals surface area contributed by atoms with Gasteiger partial charge < -0.3 is 9.15 Å². The number of anilines is 1. The molecule has 0 spiro atoms. The Hall–Kier alpha value is -3.58. The molecule has 0 saturated carbocycles. The van der Waals surface area contributed by atoms with Gasteiger partial charge in [0.05, 0.1) is 29.2 Å². The van der Waals surface area contributed by atoms with E-state index in [1.807, 2.05) is 6.07 Å². The van der Waals surface area contributed by atoms with Crippen LogP contribution in [0.15, 0.2) is 56.6 Å². The highest BCUT2D eigenvalue weighted by Crippen LogP contribution is 2.21. The van der Waals surface area contributed by atoms with E-state index in [1.165, 1.54) is 49.6 Å². The summed E-state index contributed by atoms with van der Waals surface area (Å²) >= 11 is 0. The molecule has 138 valence electrons. The molecule has 0 radical (unpaired) electrons. The van der Waals surface area contributed by atoms with E-state index in [0.29, 0.717) is 5.56 Å². The molecule has 2 aromatic carbocycles. The molecular weight excluding hydrogens is 374 g/mol. The third-order valence-corrected chi connectivity index (χ3v) is 5.11. The minimum atomic E-state index is -3.95. The smallest absolute Gasteiger partial charge is 0.420 e. The molecular formula is C17H13N3O6S. The Labute approximate surface area is 153 Å². The van der Waals surface area contributed by atoms with Crippen LogP contribution in [0.2, 0.25) is 0 Å². The van der Waals surface area contributed by atoms with E-state index in [4.69, 9.17) is 9.68 Å². The van der Waals surface area contributed by atoms with E-state index in [9.17, 15) is 18.0 Å². The van der Waals surface area contributed by atoms with Gasteiger partial charge in [0.2, 0.25) is 0 Å². The molecule has 0 atom stereocenters. The molecule has 10 heteroatoms. The fourth-order valence-corrected chi connectivity index (χ4v) is 3.46. The number of carbonyl (C=O) groups is 1. The number of nitriles is 1. The van der Waals surface area contributed by atoms with Gasteiger partial charge in [-0.3, -0.25) is 14.1 Å². The van der Waals surface area contributed by atoms with Crippen molar-refractivity contribution in [2.75, 3.05) is 11.8 Å². The van der Waals surface area contributed by atoms with E-state index in [0.717, 1.165) is 4.57 Å². The van der Waals surface area contributed by atoms with Crippen LogP contribution in [0.3, 0.4) is 0 Å². The number of aromatic nitrogens is 1. The zero-order chi connectivity index (χ0) is 19.6. The summed E-state index contributed by atoms with van der Waals surface area (Å²) in [6.45, 7) is -0.349. The van der Waals surface area contributed by atoms with Crippen LogP contribution in [0.1, 0.15) is 5.56 Å². The second kappa shape index (κ2) is 6.97. The second-order valence-corrected chi connectivity index (χ2v) is 7.14. The van der Waals surface area contributed by atoms with Gasteiger partial charge in [-0.15, -0.1) is 0 Å². The van der Waals surface area contributed by atoms with Crippen molar-refractivity contribution in [3.63, 3.8) is 0 Å². The molecule has 0 amide bonds. The minimum absolute atomic E-state index is 0.0200. The maximum absolute atomic E-state index is 12.5. The SMILES string of the molecule is COC(=O)Cn1c(=O)oc2cc(S(=O)(=O)Nc3ccc(C#N)cc3)ccc21. The summed E-state index contributed by atoms with van der Waals surface area (Å²) < 4.78 is 38.1. The third-order valence-electron chi connectivity index (χ3n) is 3.73. The second-order valence-electron chi connectivity index (χ2n) is 5.45. The van der Waals surface area contributed by atoms with Crippen LogP contribution < -0.4 is 10.5 Å². The van der Waals surface area contributed by atoms with E-state index < -0.39 is 21.7 Å². The lowest BCUT2D eigenvalue weighted by Crippen LogP contribution is -2.20. The van der Waals surface area contributed by atoms with Crippen molar-refractivity contribution in [1.82, 2.24) is 4.57 Å². The largest absolute Gasteiger partial charge is 0.468 e. The van der Waals surface area contributed by atoms with Crippen molar-refractivity contribution in [1.29, 1.82) is 5.26 Å². The van der Waals surface area contributed by atoms with Gasteiger partial charge in [-0.25, -0.2) is 13.2 Å². The topological polar surface area (TPSA) is 131 Å². The third kappa shape index (κ3) is 3.68. The molecule has 1 aromatic heterocycles. The van der Waals surface area contributed by atoms with Crippen LogP contribution in [-0.4, -0.2) is 26.1 Å². The molecule has 0 bridgehead atoms. The zero-order valence-corrected chi connectivity index (χ0v) is 14.8. The zero-order valence-electron chi connectivity index (χ0n) is 14.0. The summed E-state index contributed by atoms with van der Waals surface area (Å²) in [5.41, 5.74) is 0.959. The van der Waals surface area contributed by atoms with Gasteiger partial charge in [0.25, 0.3) is 10.0 Å². The number of hydrogen-bond donors (Lipinski definition) is 1. The van der Waals surface area contributed by atoms with Crippen molar-refractivity contribution in [3.05, 3.63) is 58.6 Å². The standard InChI is InChI=1S/C17H13N3O6S/c1-25-16(21)10-20-14-7-6-13(8-15(14)26-17(20)22)27(23,24)19-12-4-2-11(9-18)3-5-12/h2-8,19H,10H2,1H3. The predicted octanol–water partition coefficient (Wildman–Crippen LogP) is 1.44. The van der Waals surface area contributed by atoms with Crippen molar-refractivity contribution in [2.24, 2.45) is 0 Å². The number of sulfonamides is 1. The first-order valence-corrected chi connectivity index (χ1v) is 9.05. The summed E-state index contributed by atoms with van der Waals surface area (Å²) in [5, 5.41) is 8.78. The summed E-state index contributed by atoms with van der Waals surface area (Å²) in [5.74, 6) is -1.44. The molecule has 0 aliphatic carbocycles. The molecule has 0 unspecified atom stereocenters. The fraction of sp³-hybridized carbons (Fsp3) is 0.118. The van der Waals surface area contributed by atoms with Crippen molar-refractivity contribution in [2.45, 2.75) is 11.4 Å². The van der Waals surface area contributed by atoms with E-state index >= 15 is 0 Å². The summed E-state index contributed by atoms with van der Waals surface area (Å²) in [4.78, 5) is 23.2. The lowest BCUT2D eigenvalue weighted by Gasteiger charge is -2.08. The van der Waals surface area contributed by atoms with Crippen LogP contribution in [0.25, 0.3) is 11.1 Å². The van der Waals surface area contributed by atoms with Crippen LogP contribution in [0.5, 0.6) is 0 Å². The van der Waals surface area contributed by atoms with Crippen molar-refractivity contribution in [3.8, 4) is 6.07 Å². The minimum Gasteiger partial charge on any atom is -0.468 e. The predicted molar refractivity (Wildman–Crippen MR) is 94.5 cm³/mol. The van der Waals surface area contributed by atoms with Gasteiger partial charge in [0.15, 0.2) is 5.58 Å². The van der Waals surface area contributed by atoms with Crippen LogP contribution in [0, 0.1) is 11.3 Å². The molecule has 9 nitrogen and oxygen atoms in total. The van der Waals surface area contributed by atoms with Gasteiger partial charge in [0, 0.05) is 11.8 Å². The molecule has 0 aliphatic rings. The van der Waals surface area contributed by atoms with Gasteiger partial charge in [-0.2, -0.15) is 5.26 Å². The molecule has 0 aliphatic heterocycles. The average Bonchev–Trinajstić information content (AvgIpc) is 2.96. The molecule has 1 heterocycles. The Morgan fingerprint density at radius 1 is 1.26 bits per heavy atom. The average molecular weight is 387 g/mol. The summed E-state index contributed by atoms with van der Waals surface area (Å²) in [7, 11) is -2.76. The van der Waals surface area contributed by atoms with Crippen LogP contribution >= 0.6 is 0 Å². The number of esters is 1. The number of fused-ring (bicyclic) bond motifs is 1. The number of rotatable bonds is 5. The first-order valence-electron chi connectivity index (χ1n) is 7.57. The van der Waals surface area contributed by atoms with Gasteiger partial charge >= 0.3 is 11.7 Å². The quantitative estimate of drug-likeness (QED) is 0.655. The molecule has 0 saturated heterocycles. The monoisotopic (exact) mass is 387 g/mol. The first-order chi connectivity index (χ1) is 12.8. The Morgan fingerprint density at radius 2 is 1.96 bits per heavy atom. The first kappa shape index (κ1) is 18.2. The van der Waals surface area contributed by atoms with E-state index in [2.05, 4.69) is 9.46 Å². The normalized spacial score (nSPS) is 11.1. The highest BCUT2D eigenvalue weighted by Gasteiger charge is 2.19. The van der Waals surface area contributed by atoms with Gasteiger partial charge in [-0.1, -0.05) is 0 Å². The molecule has 0 fully saturated rings. The van der Waals surface area contributed by atoms with Crippen LogP contribution in [-0.2, 0) is 26.1 Å². The maximum Gasteiger partial charge on any atom is 0.420 e. The Balaban J connectivity index is 1.95. The van der Waals surface area contributed by atoms with Gasteiger partial charge in [0.1, 0.15) is 6.54 Å². The molecule has 3 aromatic rings. The molecule has 1 N–H and O–H groups in total. The Kier molecular flexibility index (Phi) is 4.70. The number of hydrogen-bond acceptors (Lipinski definition) is 7. The number of nitrogens with zero attached hydrogens (tertiary/aromatic N) is 2. The lowest BCUT2D eigenvalue weighted by molar-refractivity contribution is -0.141. The summed E-state index contributed by atoms with van der Waals surface area (Å²) in [6, 6.07) is 11.7. The highest BCUT2D eigenvalue weighted by atomic mass is 32.2. The van der Waals surface area contributed by atoms with E-state index in [1.54, 1.807) is 0 Å². The van der Waals surface area contributed by atoms with E-state index in [-0.39, 0.29) is 28.2 Å². The lowest BCUT2D eigenvalue weighted by atomic mass is 10.2. The number of nitrogens with one attached hydrogen (secondary N) is 1.